The maximum Gasteiger partial charge on any atom is 0.341 e. The standard InChI is InChI=1S/C25H24N2O6S/c1-4-8-17-11-15(13-20(32-3)22(17)33-14-21(28)29)12-18-23(30)26-25(34)27(24(18)31)19-10-7-6-9-16(19)5-2/h4,6-7,9-13H,1,5,8,14H2,2-3H3,(H,28,29)(H,26,30,34)/b18-12+. The minimum absolute atomic E-state index is 0.00963. The number of hydrogen-bond donors (Lipinski definition) is 2. The van der Waals surface area contributed by atoms with Crippen LogP contribution in [0.2, 0.25) is 0 Å². The van der Waals surface area contributed by atoms with E-state index in [1.807, 2.05) is 19.1 Å². The van der Waals surface area contributed by atoms with Gasteiger partial charge in [-0.05, 0) is 60.5 Å². The van der Waals surface area contributed by atoms with E-state index in [1.165, 1.54) is 18.1 Å². The van der Waals surface area contributed by atoms with Gasteiger partial charge in [0.15, 0.2) is 23.2 Å². The summed E-state index contributed by atoms with van der Waals surface area (Å²) in [7, 11) is 1.41. The van der Waals surface area contributed by atoms with Crippen LogP contribution in [0.3, 0.4) is 0 Å². The van der Waals surface area contributed by atoms with Crippen molar-refractivity contribution in [1.82, 2.24) is 5.32 Å². The van der Waals surface area contributed by atoms with Gasteiger partial charge in [0.25, 0.3) is 11.8 Å². The lowest BCUT2D eigenvalue weighted by Crippen LogP contribution is -2.54. The summed E-state index contributed by atoms with van der Waals surface area (Å²) in [6, 6.07) is 10.6. The molecule has 1 heterocycles. The third-order valence-corrected chi connectivity index (χ3v) is 5.39. The van der Waals surface area contributed by atoms with Crippen molar-refractivity contribution in [3.05, 3.63) is 71.3 Å². The van der Waals surface area contributed by atoms with Gasteiger partial charge in [-0.25, -0.2) is 4.79 Å². The number of methoxy groups -OCH3 is 1. The first-order valence-electron chi connectivity index (χ1n) is 10.5. The number of rotatable bonds is 9. The average Bonchev–Trinajstić information content (AvgIpc) is 2.81. The molecule has 2 aromatic rings. The van der Waals surface area contributed by atoms with Crippen LogP contribution in [0.5, 0.6) is 11.5 Å². The summed E-state index contributed by atoms with van der Waals surface area (Å²) in [5.41, 5.74) is 2.49. The lowest BCUT2D eigenvalue weighted by atomic mass is 10.0. The van der Waals surface area contributed by atoms with Gasteiger partial charge in [-0.2, -0.15) is 0 Å². The number of benzene rings is 2. The fourth-order valence-electron chi connectivity index (χ4n) is 3.59. The molecule has 3 rings (SSSR count). The Bertz CT molecular complexity index is 1200. The lowest BCUT2D eigenvalue weighted by molar-refractivity contribution is -0.139. The molecule has 1 fully saturated rings. The van der Waals surface area contributed by atoms with Crippen molar-refractivity contribution in [3.8, 4) is 11.5 Å². The third kappa shape index (κ3) is 5.15. The number of nitrogens with zero attached hydrogens (tertiary/aromatic N) is 1. The first kappa shape index (κ1) is 24.7. The Balaban J connectivity index is 2.08. The Labute approximate surface area is 202 Å². The van der Waals surface area contributed by atoms with Crippen LogP contribution in [0.1, 0.15) is 23.6 Å². The van der Waals surface area contributed by atoms with Gasteiger partial charge in [0.1, 0.15) is 5.57 Å². The highest BCUT2D eigenvalue weighted by Crippen LogP contribution is 2.35. The molecule has 1 saturated heterocycles. The van der Waals surface area contributed by atoms with Gasteiger partial charge in [0, 0.05) is 5.56 Å². The van der Waals surface area contributed by atoms with E-state index in [4.69, 9.17) is 26.8 Å². The van der Waals surface area contributed by atoms with Crippen LogP contribution in [-0.4, -0.2) is 41.7 Å². The lowest BCUT2D eigenvalue weighted by Gasteiger charge is -2.30. The molecular weight excluding hydrogens is 456 g/mol. The molecule has 2 amide bonds. The predicted octanol–water partition coefficient (Wildman–Crippen LogP) is 3.28. The van der Waals surface area contributed by atoms with E-state index in [9.17, 15) is 14.4 Å². The second-order valence-corrected chi connectivity index (χ2v) is 7.71. The minimum atomic E-state index is -1.13. The highest BCUT2D eigenvalue weighted by molar-refractivity contribution is 7.80. The zero-order chi connectivity index (χ0) is 24.8. The van der Waals surface area contributed by atoms with Gasteiger partial charge < -0.3 is 14.6 Å². The molecule has 9 heteroatoms. The van der Waals surface area contributed by atoms with Gasteiger partial charge in [0.2, 0.25) is 0 Å². The summed E-state index contributed by atoms with van der Waals surface area (Å²) in [5.74, 6) is -1.78. The second-order valence-electron chi connectivity index (χ2n) is 7.33. The first-order chi connectivity index (χ1) is 16.3. The van der Waals surface area contributed by atoms with Crippen molar-refractivity contribution in [3.63, 3.8) is 0 Å². The quantitative estimate of drug-likeness (QED) is 0.246. The Morgan fingerprint density at radius 2 is 1.97 bits per heavy atom. The number of para-hydroxylation sites is 1. The molecule has 0 radical (unpaired) electrons. The molecule has 0 saturated carbocycles. The largest absolute Gasteiger partial charge is 0.493 e. The molecule has 176 valence electrons. The normalized spacial score (nSPS) is 14.7. The molecule has 1 aliphatic rings. The van der Waals surface area contributed by atoms with Crippen LogP contribution in [0, 0.1) is 0 Å². The number of carbonyl (C=O) groups excluding carboxylic acids is 2. The maximum atomic E-state index is 13.4. The minimum Gasteiger partial charge on any atom is -0.493 e. The molecule has 1 aliphatic heterocycles. The fourth-order valence-corrected chi connectivity index (χ4v) is 3.87. The predicted molar refractivity (Wildman–Crippen MR) is 132 cm³/mol. The van der Waals surface area contributed by atoms with Gasteiger partial charge in [-0.3, -0.25) is 19.8 Å². The smallest absolute Gasteiger partial charge is 0.341 e. The summed E-state index contributed by atoms with van der Waals surface area (Å²) in [5, 5.41) is 11.6. The van der Waals surface area contributed by atoms with E-state index < -0.39 is 24.4 Å². The molecule has 2 aromatic carbocycles. The summed E-state index contributed by atoms with van der Waals surface area (Å²) < 4.78 is 10.8. The summed E-state index contributed by atoms with van der Waals surface area (Å²) >= 11 is 5.30. The van der Waals surface area contributed by atoms with Crippen molar-refractivity contribution < 1.29 is 29.0 Å². The highest BCUT2D eigenvalue weighted by Gasteiger charge is 2.35. The topological polar surface area (TPSA) is 105 Å². The molecule has 8 nitrogen and oxygen atoms in total. The average molecular weight is 481 g/mol. The molecule has 0 aromatic heterocycles. The molecule has 34 heavy (non-hydrogen) atoms. The van der Waals surface area contributed by atoms with Crippen LogP contribution in [0.15, 0.2) is 54.6 Å². The summed E-state index contributed by atoms with van der Waals surface area (Å²) in [6.45, 7) is 5.13. The van der Waals surface area contributed by atoms with Crippen molar-refractivity contribution in [2.45, 2.75) is 19.8 Å². The number of carboxylic acids is 1. The number of allylic oxidation sites excluding steroid dienone is 1. The van der Waals surface area contributed by atoms with E-state index in [-0.39, 0.29) is 22.2 Å². The third-order valence-electron chi connectivity index (χ3n) is 5.10. The molecule has 0 aliphatic carbocycles. The number of amides is 2. The Kier molecular flexibility index (Phi) is 7.80. The number of aryl methyl sites for hydroxylation is 1. The van der Waals surface area contributed by atoms with Crippen LogP contribution < -0.4 is 19.7 Å². The SMILES string of the molecule is C=CCc1cc(/C=C2\C(=O)NC(=S)N(c3ccccc3CC)C2=O)cc(OC)c1OCC(=O)O. The highest BCUT2D eigenvalue weighted by atomic mass is 32.1. The van der Waals surface area contributed by atoms with Gasteiger partial charge >= 0.3 is 5.97 Å². The van der Waals surface area contributed by atoms with E-state index in [2.05, 4.69) is 11.9 Å². The van der Waals surface area contributed by atoms with Crippen molar-refractivity contribution in [2.75, 3.05) is 18.6 Å². The van der Waals surface area contributed by atoms with Gasteiger partial charge in [-0.1, -0.05) is 31.2 Å². The number of nitrogens with one attached hydrogen (secondary N) is 1. The van der Waals surface area contributed by atoms with Crippen LogP contribution in [0.25, 0.3) is 6.08 Å². The summed E-state index contributed by atoms with van der Waals surface area (Å²) in [4.78, 5) is 38.4. The van der Waals surface area contributed by atoms with E-state index in [0.29, 0.717) is 29.7 Å². The Hall–Kier alpha value is -3.98. The van der Waals surface area contributed by atoms with Crippen LogP contribution in [0.4, 0.5) is 5.69 Å². The maximum absolute atomic E-state index is 13.4. The molecule has 0 bridgehead atoms. The van der Waals surface area contributed by atoms with Crippen molar-refractivity contribution in [2.24, 2.45) is 0 Å². The first-order valence-corrected chi connectivity index (χ1v) is 10.9. The van der Waals surface area contributed by atoms with Crippen molar-refractivity contribution >= 4 is 46.9 Å². The second kappa shape index (κ2) is 10.8. The van der Waals surface area contributed by atoms with Crippen LogP contribution >= 0.6 is 12.2 Å². The number of thiocarbonyl (C=S) groups is 1. The molecular formula is C25H24N2O6S. The Morgan fingerprint density at radius 1 is 1.24 bits per heavy atom. The fraction of sp³-hybridized carbons (Fsp3) is 0.200. The van der Waals surface area contributed by atoms with E-state index in [0.717, 1.165) is 5.56 Å². The number of ether oxygens (including phenoxy) is 2. The van der Waals surface area contributed by atoms with Crippen molar-refractivity contribution in [1.29, 1.82) is 0 Å². The van der Waals surface area contributed by atoms with Gasteiger partial charge in [-0.15, -0.1) is 6.58 Å². The number of aliphatic carboxylic acids is 1. The van der Waals surface area contributed by atoms with E-state index >= 15 is 0 Å². The molecule has 0 atom stereocenters. The van der Waals surface area contributed by atoms with E-state index in [1.54, 1.807) is 30.3 Å². The van der Waals surface area contributed by atoms with Gasteiger partial charge in [0.05, 0.1) is 12.8 Å². The zero-order valence-electron chi connectivity index (χ0n) is 18.8. The number of anilines is 1. The molecule has 2 N–H and O–H groups in total. The van der Waals surface area contributed by atoms with Crippen LogP contribution in [-0.2, 0) is 27.2 Å². The molecule has 0 unspecified atom stereocenters. The zero-order valence-corrected chi connectivity index (χ0v) is 19.6. The molecule has 0 spiro atoms. The summed E-state index contributed by atoms with van der Waals surface area (Å²) in [6.07, 6.45) is 4.09. The number of hydrogen-bond acceptors (Lipinski definition) is 6. The Morgan fingerprint density at radius 3 is 2.62 bits per heavy atom. The number of carbonyl (C=O) groups is 3. The monoisotopic (exact) mass is 480 g/mol. The number of carboxylic acid groups (broad SMARTS) is 1.